The number of aliphatic hydroxyl groups is 1. The van der Waals surface area contributed by atoms with E-state index in [1.807, 2.05) is 19.1 Å². The molecule has 1 fully saturated rings. The monoisotopic (exact) mass is 373 g/mol. The van der Waals surface area contributed by atoms with Gasteiger partial charge in [-0.2, -0.15) is 0 Å². The maximum atomic E-state index is 12.6. The third-order valence-electron chi connectivity index (χ3n) is 4.80. The molecule has 1 saturated heterocycles. The van der Waals surface area contributed by atoms with Crippen LogP contribution >= 0.6 is 0 Å². The van der Waals surface area contributed by atoms with Crippen molar-refractivity contribution in [1.29, 1.82) is 0 Å². The molecule has 0 spiro atoms. The van der Waals surface area contributed by atoms with Crippen molar-refractivity contribution in [2.24, 2.45) is 0 Å². The number of rotatable bonds is 6. The molecule has 8 nitrogen and oxygen atoms in total. The van der Waals surface area contributed by atoms with Crippen molar-refractivity contribution in [3.63, 3.8) is 0 Å². The van der Waals surface area contributed by atoms with Gasteiger partial charge in [0.2, 0.25) is 5.91 Å². The lowest BCUT2D eigenvalue weighted by Gasteiger charge is -2.20. The van der Waals surface area contributed by atoms with Gasteiger partial charge in [0.25, 0.3) is 5.91 Å². The summed E-state index contributed by atoms with van der Waals surface area (Å²) in [6.07, 6.45) is 1.35. The summed E-state index contributed by atoms with van der Waals surface area (Å²) in [7, 11) is 1.26. The van der Waals surface area contributed by atoms with E-state index in [1.54, 1.807) is 11.0 Å². The quantitative estimate of drug-likeness (QED) is 0.716. The van der Waals surface area contributed by atoms with Crippen LogP contribution in [-0.2, 0) is 19.1 Å². The van der Waals surface area contributed by atoms with E-state index in [0.717, 1.165) is 17.7 Å². The van der Waals surface area contributed by atoms with E-state index < -0.39 is 5.97 Å². The second kappa shape index (κ2) is 7.79. The normalized spacial score (nSPS) is 17.1. The Morgan fingerprint density at radius 1 is 1.33 bits per heavy atom. The van der Waals surface area contributed by atoms with Crippen LogP contribution < -0.4 is 10.2 Å². The predicted octanol–water partition coefficient (Wildman–Crippen LogP) is 0.795. The molecule has 0 radical (unpaired) electrons. The largest absolute Gasteiger partial charge is 0.466 e. The number of carbonyl (C=O) groups excluding carboxylic acids is 3. The highest BCUT2D eigenvalue weighted by molar-refractivity contribution is 6.08. The zero-order chi connectivity index (χ0) is 19.6. The molecule has 2 aliphatic rings. The number of nitrogens with one attached hydrogen (secondary N) is 1. The van der Waals surface area contributed by atoms with Gasteiger partial charge in [-0.25, -0.2) is 4.79 Å². The average molecular weight is 373 g/mol. The summed E-state index contributed by atoms with van der Waals surface area (Å²) in [4.78, 5) is 39.9. The minimum atomic E-state index is -0.589. The Kier molecular flexibility index (Phi) is 5.46. The molecule has 3 rings (SSSR count). The first-order valence-electron chi connectivity index (χ1n) is 8.86. The highest BCUT2D eigenvalue weighted by Crippen LogP contribution is 2.30. The SMILES string of the molecule is COC(=O)C1=C(Nc2ccc(C)c(N3CCCC3=O)c2)C(=O)N(CCO)C1. The molecular weight excluding hydrogens is 350 g/mol. The Hall–Kier alpha value is -2.87. The first-order chi connectivity index (χ1) is 13.0. The minimum absolute atomic E-state index is 0.0794. The van der Waals surface area contributed by atoms with Crippen LogP contribution in [0.3, 0.4) is 0 Å². The van der Waals surface area contributed by atoms with Gasteiger partial charge in [-0.05, 0) is 31.0 Å². The van der Waals surface area contributed by atoms with Crippen molar-refractivity contribution in [2.75, 3.05) is 43.6 Å². The van der Waals surface area contributed by atoms with Crippen LogP contribution in [0.1, 0.15) is 18.4 Å². The number of anilines is 2. The van der Waals surface area contributed by atoms with Gasteiger partial charge in [-0.3, -0.25) is 9.59 Å². The summed E-state index contributed by atoms with van der Waals surface area (Å²) < 4.78 is 4.78. The van der Waals surface area contributed by atoms with Gasteiger partial charge in [-0.1, -0.05) is 6.07 Å². The number of esters is 1. The molecule has 2 heterocycles. The smallest absolute Gasteiger partial charge is 0.337 e. The summed E-state index contributed by atoms with van der Waals surface area (Å²) in [5.41, 5.74) is 2.71. The summed E-state index contributed by atoms with van der Waals surface area (Å²) >= 11 is 0. The van der Waals surface area contributed by atoms with Gasteiger partial charge < -0.3 is 25.0 Å². The Labute approximate surface area is 157 Å². The molecule has 8 heteroatoms. The second-order valence-electron chi connectivity index (χ2n) is 6.57. The van der Waals surface area contributed by atoms with Crippen LogP contribution in [0.15, 0.2) is 29.5 Å². The van der Waals surface area contributed by atoms with Crippen LogP contribution in [0.2, 0.25) is 0 Å². The Morgan fingerprint density at radius 2 is 2.11 bits per heavy atom. The second-order valence-corrected chi connectivity index (χ2v) is 6.57. The van der Waals surface area contributed by atoms with Crippen LogP contribution in [0.5, 0.6) is 0 Å². The fourth-order valence-corrected chi connectivity index (χ4v) is 3.37. The van der Waals surface area contributed by atoms with Crippen molar-refractivity contribution in [1.82, 2.24) is 4.90 Å². The highest BCUT2D eigenvalue weighted by atomic mass is 16.5. The van der Waals surface area contributed by atoms with Gasteiger partial charge in [0, 0.05) is 30.9 Å². The van der Waals surface area contributed by atoms with E-state index in [0.29, 0.717) is 18.7 Å². The fraction of sp³-hybridized carbons (Fsp3) is 0.421. The number of nitrogens with zero attached hydrogens (tertiary/aromatic N) is 2. The van der Waals surface area contributed by atoms with Crippen LogP contribution in [0, 0.1) is 6.92 Å². The molecule has 2 N–H and O–H groups in total. The molecule has 0 aromatic heterocycles. The van der Waals surface area contributed by atoms with E-state index in [1.165, 1.54) is 12.0 Å². The number of benzene rings is 1. The lowest BCUT2D eigenvalue weighted by atomic mass is 10.1. The molecular formula is C19H23N3O5. The predicted molar refractivity (Wildman–Crippen MR) is 99.1 cm³/mol. The molecule has 0 bridgehead atoms. The fourth-order valence-electron chi connectivity index (χ4n) is 3.37. The highest BCUT2D eigenvalue weighted by Gasteiger charge is 2.34. The zero-order valence-electron chi connectivity index (χ0n) is 15.4. The molecule has 2 amide bonds. The van der Waals surface area contributed by atoms with E-state index in [-0.39, 0.29) is 42.8 Å². The molecule has 0 aliphatic carbocycles. The number of amides is 2. The van der Waals surface area contributed by atoms with Crippen molar-refractivity contribution in [2.45, 2.75) is 19.8 Å². The van der Waals surface area contributed by atoms with Gasteiger partial charge >= 0.3 is 5.97 Å². The van der Waals surface area contributed by atoms with Gasteiger partial charge in [0.15, 0.2) is 0 Å². The number of carbonyl (C=O) groups is 3. The third kappa shape index (κ3) is 3.66. The number of methoxy groups -OCH3 is 1. The first kappa shape index (κ1) is 18.9. The first-order valence-corrected chi connectivity index (χ1v) is 8.86. The molecule has 0 atom stereocenters. The summed E-state index contributed by atoms with van der Waals surface area (Å²) in [5, 5.41) is 12.1. The van der Waals surface area contributed by atoms with Crippen molar-refractivity contribution < 1.29 is 24.2 Å². The van der Waals surface area contributed by atoms with Gasteiger partial charge in [0.05, 0.1) is 25.8 Å². The van der Waals surface area contributed by atoms with Crippen molar-refractivity contribution in [3.05, 3.63) is 35.0 Å². The summed E-state index contributed by atoms with van der Waals surface area (Å²) in [6.45, 7) is 2.61. The molecule has 1 aromatic rings. The molecule has 2 aliphatic heterocycles. The van der Waals surface area contributed by atoms with Crippen LogP contribution in [-0.4, -0.2) is 61.1 Å². The van der Waals surface area contributed by atoms with Crippen LogP contribution in [0.25, 0.3) is 0 Å². The lowest BCUT2D eigenvalue weighted by molar-refractivity contribution is -0.136. The van der Waals surface area contributed by atoms with Gasteiger partial charge in [-0.15, -0.1) is 0 Å². The van der Waals surface area contributed by atoms with Crippen LogP contribution in [0.4, 0.5) is 11.4 Å². The zero-order valence-corrected chi connectivity index (χ0v) is 15.4. The third-order valence-corrected chi connectivity index (χ3v) is 4.80. The number of hydrogen-bond donors (Lipinski definition) is 2. The Balaban J connectivity index is 1.91. The molecule has 27 heavy (non-hydrogen) atoms. The van der Waals surface area contributed by atoms with Gasteiger partial charge in [0.1, 0.15) is 5.70 Å². The molecule has 0 unspecified atom stereocenters. The van der Waals surface area contributed by atoms with E-state index >= 15 is 0 Å². The molecule has 144 valence electrons. The number of aryl methyl sites for hydroxylation is 1. The Morgan fingerprint density at radius 3 is 2.74 bits per heavy atom. The lowest BCUT2D eigenvalue weighted by Crippen LogP contribution is -2.31. The topological polar surface area (TPSA) is 99.2 Å². The number of hydrogen-bond acceptors (Lipinski definition) is 6. The van der Waals surface area contributed by atoms with Crippen molar-refractivity contribution >= 4 is 29.2 Å². The average Bonchev–Trinajstić information content (AvgIpc) is 3.21. The Bertz CT molecular complexity index is 818. The number of β-amino-alcohol motifs (C(OH)–C–C–N with tert-alkyl or cyclic N) is 1. The van der Waals surface area contributed by atoms with Crippen molar-refractivity contribution in [3.8, 4) is 0 Å². The summed E-state index contributed by atoms with van der Waals surface area (Å²) in [5.74, 6) is -0.882. The number of ether oxygens (including phenoxy) is 1. The standard InChI is InChI=1S/C19H23N3O5/c1-12-5-6-13(10-15(12)22-7-3-4-16(22)24)20-17-14(19(26)27-2)11-21(8-9-23)18(17)25/h5-6,10,20,23H,3-4,7-9,11H2,1-2H3. The van der Waals surface area contributed by atoms with E-state index in [2.05, 4.69) is 5.32 Å². The maximum Gasteiger partial charge on any atom is 0.337 e. The molecule has 1 aromatic carbocycles. The van der Waals surface area contributed by atoms with E-state index in [9.17, 15) is 14.4 Å². The number of aliphatic hydroxyl groups excluding tert-OH is 1. The molecule has 0 saturated carbocycles. The summed E-state index contributed by atoms with van der Waals surface area (Å²) in [6, 6.07) is 5.47. The minimum Gasteiger partial charge on any atom is -0.466 e. The maximum absolute atomic E-state index is 12.6. The van der Waals surface area contributed by atoms with E-state index in [4.69, 9.17) is 9.84 Å².